The van der Waals surface area contributed by atoms with Gasteiger partial charge >= 0.3 is 0 Å². The highest BCUT2D eigenvalue weighted by Crippen LogP contribution is 2.34. The van der Waals surface area contributed by atoms with Crippen LogP contribution in [-0.2, 0) is 0 Å². The normalized spacial score (nSPS) is 25.9. The van der Waals surface area contributed by atoms with Crippen LogP contribution in [0, 0.1) is 17.8 Å². The van der Waals surface area contributed by atoms with Crippen LogP contribution in [0.2, 0.25) is 0 Å². The van der Waals surface area contributed by atoms with Crippen LogP contribution in [0.4, 0.5) is 0 Å². The molecule has 3 nitrogen and oxygen atoms in total. The lowest BCUT2D eigenvalue weighted by Crippen LogP contribution is -2.61. The van der Waals surface area contributed by atoms with Gasteiger partial charge < -0.3 is 10.6 Å². The predicted molar refractivity (Wildman–Crippen MR) is 91.4 cm³/mol. The Kier molecular flexibility index (Phi) is 6.10. The molecule has 2 N–H and O–H groups in total. The van der Waals surface area contributed by atoms with Gasteiger partial charge in [0.05, 0.1) is 0 Å². The first-order valence-corrected chi connectivity index (χ1v) is 9.14. The summed E-state index contributed by atoms with van der Waals surface area (Å²) in [7, 11) is 0. The van der Waals surface area contributed by atoms with Crippen molar-refractivity contribution in [3.63, 3.8) is 0 Å². The average molecular weight is 296 g/mol. The van der Waals surface area contributed by atoms with Crippen LogP contribution in [0.15, 0.2) is 0 Å². The number of nitrogens with two attached hydrogens (primary N) is 1. The minimum Gasteiger partial charge on any atom is -0.329 e. The van der Waals surface area contributed by atoms with Gasteiger partial charge in [-0.05, 0) is 69.6 Å². The Labute approximate surface area is 132 Å². The lowest BCUT2D eigenvalue weighted by atomic mass is 9.80. The van der Waals surface area contributed by atoms with Crippen LogP contribution in [0.5, 0.6) is 0 Å². The largest absolute Gasteiger partial charge is 0.329 e. The van der Waals surface area contributed by atoms with Crippen molar-refractivity contribution in [3.05, 3.63) is 0 Å². The molecular formula is C18H37N3. The van der Waals surface area contributed by atoms with E-state index in [1.165, 1.54) is 58.4 Å². The second-order valence-corrected chi connectivity index (χ2v) is 8.19. The maximum absolute atomic E-state index is 6.25. The minimum absolute atomic E-state index is 0.301. The van der Waals surface area contributed by atoms with Crippen LogP contribution < -0.4 is 5.73 Å². The Balaban J connectivity index is 1.89. The molecule has 21 heavy (non-hydrogen) atoms. The first-order valence-electron chi connectivity index (χ1n) is 9.14. The van der Waals surface area contributed by atoms with E-state index in [1.807, 2.05) is 0 Å². The zero-order valence-electron chi connectivity index (χ0n) is 14.8. The van der Waals surface area contributed by atoms with Gasteiger partial charge in [-0.3, -0.25) is 4.90 Å². The molecule has 3 heteroatoms. The molecule has 0 unspecified atom stereocenters. The third-order valence-electron chi connectivity index (χ3n) is 5.94. The number of nitrogens with zero attached hydrogens (tertiary/aromatic N) is 2. The van der Waals surface area contributed by atoms with E-state index in [4.69, 9.17) is 5.73 Å². The number of piperidine rings is 2. The molecule has 2 saturated heterocycles. The van der Waals surface area contributed by atoms with Crippen LogP contribution in [-0.4, -0.2) is 54.6 Å². The highest BCUT2D eigenvalue weighted by molar-refractivity contribution is 4.98. The minimum atomic E-state index is 0.301. The van der Waals surface area contributed by atoms with Gasteiger partial charge in [0, 0.05) is 18.6 Å². The van der Waals surface area contributed by atoms with Gasteiger partial charge in [0.2, 0.25) is 0 Å². The summed E-state index contributed by atoms with van der Waals surface area (Å²) in [6.07, 6.45) is 5.27. The van der Waals surface area contributed by atoms with Gasteiger partial charge in [0.1, 0.15) is 0 Å². The molecule has 0 spiro atoms. The number of hydrogen-bond acceptors (Lipinski definition) is 3. The standard InChI is InChI=1S/C18H37N3/c1-15(2)13-20-11-7-18(14-19,8-12-20)21-9-5-17(6-10-21)16(3)4/h15-17H,5-14,19H2,1-4H3. The van der Waals surface area contributed by atoms with Crippen molar-refractivity contribution in [2.75, 3.05) is 39.3 Å². The van der Waals surface area contributed by atoms with Crippen molar-refractivity contribution < 1.29 is 0 Å². The fourth-order valence-corrected chi connectivity index (χ4v) is 4.36. The SMILES string of the molecule is CC(C)CN1CCC(CN)(N2CCC(C(C)C)CC2)CC1. The van der Waals surface area contributed by atoms with Gasteiger partial charge in [-0.25, -0.2) is 0 Å². The Morgan fingerprint density at radius 2 is 1.57 bits per heavy atom. The molecular weight excluding hydrogens is 258 g/mol. The molecule has 0 atom stereocenters. The molecule has 0 aliphatic carbocycles. The smallest absolute Gasteiger partial charge is 0.0356 e. The molecule has 124 valence electrons. The lowest BCUT2D eigenvalue weighted by molar-refractivity contribution is -0.00248. The van der Waals surface area contributed by atoms with E-state index in [0.29, 0.717) is 5.54 Å². The average Bonchev–Trinajstić information content (AvgIpc) is 2.48. The van der Waals surface area contributed by atoms with E-state index >= 15 is 0 Å². The second kappa shape index (κ2) is 7.43. The van der Waals surface area contributed by atoms with Crippen molar-refractivity contribution in [1.82, 2.24) is 9.80 Å². The predicted octanol–water partition coefficient (Wildman–Crippen LogP) is 2.80. The van der Waals surface area contributed by atoms with Crippen molar-refractivity contribution >= 4 is 0 Å². The van der Waals surface area contributed by atoms with Crippen LogP contribution in [0.3, 0.4) is 0 Å². The summed E-state index contributed by atoms with van der Waals surface area (Å²) in [5.74, 6) is 2.54. The molecule has 0 amide bonds. The quantitative estimate of drug-likeness (QED) is 0.846. The van der Waals surface area contributed by atoms with E-state index in [2.05, 4.69) is 37.5 Å². The molecule has 0 aromatic rings. The summed E-state index contributed by atoms with van der Waals surface area (Å²) in [5, 5.41) is 0. The highest BCUT2D eigenvalue weighted by atomic mass is 15.2. The summed E-state index contributed by atoms with van der Waals surface area (Å²) >= 11 is 0. The van der Waals surface area contributed by atoms with Crippen molar-refractivity contribution in [3.8, 4) is 0 Å². The summed E-state index contributed by atoms with van der Waals surface area (Å²) in [4.78, 5) is 5.39. The maximum atomic E-state index is 6.25. The first-order chi connectivity index (χ1) is 9.97. The number of hydrogen-bond donors (Lipinski definition) is 1. The molecule has 2 heterocycles. The maximum Gasteiger partial charge on any atom is 0.0356 e. The summed E-state index contributed by atoms with van der Waals surface area (Å²) in [6, 6.07) is 0. The molecule has 2 aliphatic rings. The van der Waals surface area contributed by atoms with E-state index < -0.39 is 0 Å². The number of likely N-dealkylation sites (tertiary alicyclic amines) is 2. The molecule has 2 rings (SSSR count). The van der Waals surface area contributed by atoms with Gasteiger partial charge in [-0.2, -0.15) is 0 Å². The monoisotopic (exact) mass is 295 g/mol. The molecule has 0 radical (unpaired) electrons. The van der Waals surface area contributed by atoms with Crippen molar-refractivity contribution in [2.45, 2.75) is 58.9 Å². The highest BCUT2D eigenvalue weighted by Gasteiger charge is 2.40. The molecule has 0 saturated carbocycles. The Morgan fingerprint density at radius 3 is 2.00 bits per heavy atom. The molecule has 2 aliphatic heterocycles. The Hall–Kier alpha value is -0.120. The third kappa shape index (κ3) is 4.20. The lowest BCUT2D eigenvalue weighted by Gasteiger charge is -2.51. The van der Waals surface area contributed by atoms with Gasteiger partial charge in [0.15, 0.2) is 0 Å². The fourth-order valence-electron chi connectivity index (χ4n) is 4.36. The zero-order valence-corrected chi connectivity index (χ0v) is 14.8. The Bertz CT molecular complexity index is 298. The van der Waals surface area contributed by atoms with Crippen LogP contribution in [0.1, 0.15) is 53.4 Å². The fraction of sp³-hybridized carbons (Fsp3) is 1.00. The summed E-state index contributed by atoms with van der Waals surface area (Å²) in [6.45, 7) is 16.5. The molecule has 0 aromatic carbocycles. The van der Waals surface area contributed by atoms with E-state index in [1.54, 1.807) is 0 Å². The summed E-state index contributed by atoms with van der Waals surface area (Å²) < 4.78 is 0. The molecule has 2 fully saturated rings. The van der Waals surface area contributed by atoms with E-state index in [9.17, 15) is 0 Å². The van der Waals surface area contributed by atoms with E-state index in [-0.39, 0.29) is 0 Å². The van der Waals surface area contributed by atoms with Gasteiger partial charge in [0.25, 0.3) is 0 Å². The molecule has 0 bridgehead atoms. The van der Waals surface area contributed by atoms with Crippen LogP contribution in [0.25, 0.3) is 0 Å². The zero-order chi connectivity index (χ0) is 15.5. The second-order valence-electron chi connectivity index (χ2n) is 8.19. The third-order valence-corrected chi connectivity index (χ3v) is 5.94. The van der Waals surface area contributed by atoms with Crippen molar-refractivity contribution in [2.24, 2.45) is 23.5 Å². The molecule has 0 aromatic heterocycles. The van der Waals surface area contributed by atoms with Gasteiger partial charge in [-0.15, -0.1) is 0 Å². The first kappa shape index (κ1) is 17.2. The van der Waals surface area contributed by atoms with Crippen molar-refractivity contribution in [1.29, 1.82) is 0 Å². The summed E-state index contributed by atoms with van der Waals surface area (Å²) in [5.41, 5.74) is 6.55. The Morgan fingerprint density at radius 1 is 1.00 bits per heavy atom. The van der Waals surface area contributed by atoms with E-state index in [0.717, 1.165) is 24.3 Å². The van der Waals surface area contributed by atoms with Gasteiger partial charge in [-0.1, -0.05) is 27.7 Å². The van der Waals surface area contributed by atoms with Crippen LogP contribution >= 0.6 is 0 Å². The number of rotatable bonds is 5. The topological polar surface area (TPSA) is 32.5 Å².